The lowest BCUT2D eigenvalue weighted by Crippen LogP contribution is -2.45. The molecule has 0 spiro atoms. The predicted octanol–water partition coefficient (Wildman–Crippen LogP) is -0.311. The lowest BCUT2D eigenvalue weighted by atomic mass is 9.87. The third kappa shape index (κ3) is 2.26. The monoisotopic (exact) mass is 276 g/mol. The molecule has 4 unspecified atom stereocenters. The molecule has 0 radical (unpaired) electrons. The van der Waals surface area contributed by atoms with E-state index in [4.69, 9.17) is 5.73 Å². The number of nitrogens with zero attached hydrogens (tertiary/aromatic N) is 1. The van der Waals surface area contributed by atoms with Crippen LogP contribution in [0.1, 0.15) is 26.2 Å². The van der Waals surface area contributed by atoms with E-state index in [-0.39, 0.29) is 12.1 Å². The van der Waals surface area contributed by atoms with Crippen LogP contribution >= 0.6 is 0 Å². The van der Waals surface area contributed by atoms with Gasteiger partial charge < -0.3 is 10.5 Å². The molecule has 1 saturated carbocycles. The normalized spacial score (nSPS) is 34.3. The molecule has 1 heterocycles. The second-order valence-electron chi connectivity index (χ2n) is 5.27. The Kier molecular flexibility index (Phi) is 3.66. The van der Waals surface area contributed by atoms with Crippen molar-refractivity contribution in [2.24, 2.45) is 11.7 Å². The number of rotatable bonds is 3. The molecule has 2 bridgehead atoms. The van der Waals surface area contributed by atoms with Gasteiger partial charge in [-0.25, -0.2) is 8.42 Å². The summed E-state index contributed by atoms with van der Waals surface area (Å²) in [6.07, 6.45) is 2.42. The number of fused-ring (bicyclic) bond motifs is 2. The highest BCUT2D eigenvalue weighted by Crippen LogP contribution is 2.37. The second-order valence-corrected chi connectivity index (χ2v) is 7.47. The van der Waals surface area contributed by atoms with Crippen molar-refractivity contribution < 1.29 is 17.9 Å². The van der Waals surface area contributed by atoms with E-state index in [9.17, 15) is 13.2 Å². The van der Waals surface area contributed by atoms with E-state index < -0.39 is 21.2 Å². The fourth-order valence-corrected chi connectivity index (χ4v) is 4.79. The zero-order valence-electron chi connectivity index (χ0n) is 10.7. The molecule has 7 heteroatoms. The van der Waals surface area contributed by atoms with Gasteiger partial charge in [0.1, 0.15) is 0 Å². The topological polar surface area (TPSA) is 89.7 Å². The SMILES string of the molecule is COC(=O)C(C)S(=O)(=O)N1CC2CC(N)CC1C2. The molecule has 18 heavy (non-hydrogen) atoms. The van der Waals surface area contributed by atoms with E-state index >= 15 is 0 Å². The molecule has 4 atom stereocenters. The average molecular weight is 276 g/mol. The van der Waals surface area contributed by atoms with Crippen LogP contribution in [0.2, 0.25) is 0 Å². The molecule has 1 aliphatic heterocycles. The molecule has 0 aromatic carbocycles. The number of hydrogen-bond donors (Lipinski definition) is 1. The number of nitrogens with two attached hydrogens (primary N) is 1. The summed E-state index contributed by atoms with van der Waals surface area (Å²) >= 11 is 0. The van der Waals surface area contributed by atoms with Gasteiger partial charge in [-0.3, -0.25) is 4.79 Å². The van der Waals surface area contributed by atoms with Crippen molar-refractivity contribution in [3.8, 4) is 0 Å². The van der Waals surface area contributed by atoms with Crippen molar-refractivity contribution in [2.75, 3.05) is 13.7 Å². The maximum atomic E-state index is 12.4. The Morgan fingerprint density at radius 2 is 2.06 bits per heavy atom. The first-order valence-corrected chi connectivity index (χ1v) is 7.70. The Hall–Kier alpha value is -0.660. The second kappa shape index (κ2) is 4.79. The zero-order valence-corrected chi connectivity index (χ0v) is 11.5. The Balaban J connectivity index is 2.19. The highest BCUT2D eigenvalue weighted by atomic mass is 32.2. The predicted molar refractivity (Wildman–Crippen MR) is 66.2 cm³/mol. The minimum atomic E-state index is -3.62. The molecule has 0 aromatic heterocycles. The molecular formula is C11H20N2O4S. The number of methoxy groups -OCH3 is 1. The van der Waals surface area contributed by atoms with Gasteiger partial charge in [0.2, 0.25) is 10.0 Å². The van der Waals surface area contributed by atoms with Crippen LogP contribution in [0.3, 0.4) is 0 Å². The maximum Gasteiger partial charge on any atom is 0.325 e. The van der Waals surface area contributed by atoms with E-state index in [1.165, 1.54) is 18.3 Å². The van der Waals surface area contributed by atoms with Crippen molar-refractivity contribution in [3.05, 3.63) is 0 Å². The summed E-state index contributed by atoms with van der Waals surface area (Å²) in [5.74, 6) is -0.376. The Morgan fingerprint density at radius 3 is 2.67 bits per heavy atom. The highest BCUT2D eigenvalue weighted by Gasteiger charge is 2.46. The van der Waals surface area contributed by atoms with Crippen molar-refractivity contribution >= 4 is 16.0 Å². The van der Waals surface area contributed by atoms with Gasteiger partial charge in [0.25, 0.3) is 0 Å². The minimum Gasteiger partial charge on any atom is -0.468 e. The highest BCUT2D eigenvalue weighted by molar-refractivity contribution is 7.90. The Bertz CT molecular complexity index is 436. The quantitative estimate of drug-likeness (QED) is 0.714. The number of carbonyl (C=O) groups excluding carboxylic acids is 1. The maximum absolute atomic E-state index is 12.4. The summed E-state index contributed by atoms with van der Waals surface area (Å²) in [5, 5.41) is -1.14. The molecule has 6 nitrogen and oxygen atoms in total. The van der Waals surface area contributed by atoms with Gasteiger partial charge in [-0.2, -0.15) is 4.31 Å². The fraction of sp³-hybridized carbons (Fsp3) is 0.909. The number of carbonyl (C=O) groups is 1. The van der Waals surface area contributed by atoms with Crippen LogP contribution < -0.4 is 5.73 Å². The van der Waals surface area contributed by atoms with Gasteiger partial charge in [0.15, 0.2) is 5.25 Å². The minimum absolute atomic E-state index is 0.0455. The number of sulfonamides is 1. The standard InChI is InChI=1S/C11H20N2O4S/c1-7(11(14)17-2)18(15,16)13-6-8-3-9(12)5-10(13)4-8/h7-10H,3-6,12H2,1-2H3. The van der Waals surface area contributed by atoms with Gasteiger partial charge in [-0.05, 0) is 32.1 Å². The number of hydrogen-bond acceptors (Lipinski definition) is 5. The van der Waals surface area contributed by atoms with Crippen LogP contribution in [0.15, 0.2) is 0 Å². The lowest BCUT2D eigenvalue weighted by Gasteiger charge is -2.28. The average Bonchev–Trinajstić information content (AvgIpc) is 2.63. The third-order valence-corrected chi connectivity index (χ3v) is 6.16. The van der Waals surface area contributed by atoms with Crippen LogP contribution in [0.4, 0.5) is 0 Å². The van der Waals surface area contributed by atoms with E-state index in [2.05, 4.69) is 4.74 Å². The molecule has 0 aromatic rings. The van der Waals surface area contributed by atoms with E-state index in [1.54, 1.807) is 0 Å². The van der Waals surface area contributed by atoms with Crippen molar-refractivity contribution in [2.45, 2.75) is 43.5 Å². The largest absolute Gasteiger partial charge is 0.468 e. The Labute approximate surface area is 108 Å². The smallest absolute Gasteiger partial charge is 0.325 e. The molecule has 2 rings (SSSR count). The number of esters is 1. The number of ether oxygens (including phenoxy) is 1. The molecule has 2 fully saturated rings. The molecule has 1 saturated heterocycles. The van der Waals surface area contributed by atoms with Gasteiger partial charge in [-0.1, -0.05) is 0 Å². The summed E-state index contributed by atoms with van der Waals surface area (Å²) in [4.78, 5) is 11.4. The fourth-order valence-electron chi connectivity index (χ4n) is 3.04. The first-order valence-electron chi connectivity index (χ1n) is 6.20. The molecule has 2 aliphatic rings. The van der Waals surface area contributed by atoms with Gasteiger partial charge in [-0.15, -0.1) is 0 Å². The summed E-state index contributed by atoms with van der Waals surface area (Å²) < 4.78 is 30.7. The summed E-state index contributed by atoms with van der Waals surface area (Å²) in [7, 11) is -2.42. The first-order chi connectivity index (χ1) is 8.36. The van der Waals surface area contributed by atoms with Crippen molar-refractivity contribution in [1.82, 2.24) is 4.31 Å². The molecule has 2 N–H and O–H groups in total. The summed E-state index contributed by atoms with van der Waals surface area (Å²) in [5.41, 5.74) is 5.91. The van der Waals surface area contributed by atoms with Crippen molar-refractivity contribution in [1.29, 1.82) is 0 Å². The molecule has 0 amide bonds. The van der Waals surface area contributed by atoms with Crippen LogP contribution in [-0.4, -0.2) is 49.7 Å². The van der Waals surface area contributed by atoms with Crippen LogP contribution in [0.25, 0.3) is 0 Å². The zero-order chi connectivity index (χ0) is 13.5. The first kappa shape index (κ1) is 13.8. The third-order valence-electron chi connectivity index (χ3n) is 3.97. The van der Waals surface area contributed by atoms with Crippen LogP contribution in [-0.2, 0) is 19.6 Å². The van der Waals surface area contributed by atoms with E-state index in [0.717, 1.165) is 12.8 Å². The lowest BCUT2D eigenvalue weighted by molar-refractivity contribution is -0.139. The summed E-state index contributed by atoms with van der Waals surface area (Å²) in [6, 6.07) is 0.0261. The van der Waals surface area contributed by atoms with E-state index in [0.29, 0.717) is 18.9 Å². The van der Waals surface area contributed by atoms with Crippen LogP contribution in [0, 0.1) is 5.92 Å². The van der Waals surface area contributed by atoms with Gasteiger partial charge in [0, 0.05) is 18.6 Å². The molecule has 1 aliphatic carbocycles. The molecular weight excluding hydrogens is 256 g/mol. The van der Waals surface area contributed by atoms with Gasteiger partial charge in [0.05, 0.1) is 7.11 Å². The van der Waals surface area contributed by atoms with E-state index in [1.807, 2.05) is 0 Å². The van der Waals surface area contributed by atoms with Crippen LogP contribution in [0.5, 0.6) is 0 Å². The summed E-state index contributed by atoms with van der Waals surface area (Å²) in [6.45, 7) is 1.87. The van der Waals surface area contributed by atoms with Gasteiger partial charge >= 0.3 is 5.97 Å². The van der Waals surface area contributed by atoms with Crippen molar-refractivity contribution in [3.63, 3.8) is 0 Å². The molecule has 104 valence electrons. The Morgan fingerprint density at radius 1 is 1.39 bits per heavy atom.